The molecule has 0 aromatic carbocycles. The van der Waals surface area contributed by atoms with E-state index in [0.717, 1.165) is 12.4 Å². The predicted octanol–water partition coefficient (Wildman–Crippen LogP) is 1.78. The van der Waals surface area contributed by atoms with Gasteiger partial charge in [-0.05, 0) is 6.92 Å². The molecule has 0 heterocycles. The average Bonchev–Trinajstić information content (AvgIpc) is 1.88. The van der Waals surface area contributed by atoms with Crippen LogP contribution in [0.5, 0.6) is 0 Å². The normalized spacial score (nSPS) is 5.86. The Balaban J connectivity index is -0.0000000675. The van der Waals surface area contributed by atoms with E-state index in [1.165, 1.54) is 0 Å². The molecule has 0 amide bonds. The summed E-state index contributed by atoms with van der Waals surface area (Å²) in [5.74, 6) is 1.36. The van der Waals surface area contributed by atoms with E-state index in [1.807, 2.05) is 6.92 Å². The molecule has 0 atom stereocenters. The van der Waals surface area contributed by atoms with Crippen molar-refractivity contribution in [3.05, 3.63) is 31.8 Å². The Kier molecular flexibility index (Phi) is 41.3. The molecule has 0 aromatic rings. The van der Waals surface area contributed by atoms with Crippen molar-refractivity contribution in [2.45, 2.75) is 21.8 Å². The van der Waals surface area contributed by atoms with Crippen LogP contribution in [0.4, 0.5) is 0 Å². The average molecular weight is 350 g/mol. The molecule has 2 radical (unpaired) electrons. The monoisotopic (exact) mass is 350 g/mol. The van der Waals surface area contributed by atoms with Crippen LogP contribution < -0.4 is 16.0 Å². The van der Waals surface area contributed by atoms with Gasteiger partial charge in [0.2, 0.25) is 0 Å². The maximum atomic E-state index is 3.68. The number of nitrogens with one attached hydrogen (secondary N) is 3. The summed E-state index contributed by atoms with van der Waals surface area (Å²) < 4.78 is 0. The summed E-state index contributed by atoms with van der Waals surface area (Å²) in [6, 6.07) is 0. The van der Waals surface area contributed by atoms with Crippen LogP contribution in [0.25, 0.3) is 0 Å². The summed E-state index contributed by atoms with van der Waals surface area (Å²) in [6.07, 6.45) is 0. The third kappa shape index (κ3) is 18.8. The van der Waals surface area contributed by atoms with E-state index in [1.54, 1.807) is 0 Å². The molecule has 80 valence electrons. The molecule has 3 nitrogen and oxygen atoms in total. The van der Waals surface area contributed by atoms with Crippen molar-refractivity contribution in [1.29, 1.82) is 0 Å². The molecule has 0 saturated carbocycles. The van der Waals surface area contributed by atoms with Crippen LogP contribution in [-0.2, 0) is 65.4 Å². The molecular formula is C9H22N3Y2-. The SMILES string of the molecule is C.C.C=C(N[CH2-])NC(=C)NCC.[Y].[Y]. The van der Waals surface area contributed by atoms with Gasteiger partial charge in [-0.15, -0.1) is 0 Å². The fourth-order valence-electron chi connectivity index (χ4n) is 0.484. The van der Waals surface area contributed by atoms with Gasteiger partial charge in [0.1, 0.15) is 0 Å². The maximum Gasteiger partial charge on any atom is 0.0967 e. The Morgan fingerprint density at radius 1 is 1.14 bits per heavy atom. The second-order valence-electron chi connectivity index (χ2n) is 1.79. The Morgan fingerprint density at radius 2 is 1.57 bits per heavy atom. The van der Waals surface area contributed by atoms with Crippen molar-refractivity contribution in [2.24, 2.45) is 0 Å². The summed E-state index contributed by atoms with van der Waals surface area (Å²) in [4.78, 5) is 0. The Hall–Kier alpha value is 1.09. The van der Waals surface area contributed by atoms with Gasteiger partial charge in [0.15, 0.2) is 0 Å². The number of hydrogen-bond donors (Lipinski definition) is 3. The molecule has 0 aliphatic carbocycles. The Bertz CT molecular complexity index is 138. The van der Waals surface area contributed by atoms with Crippen molar-refractivity contribution in [3.8, 4) is 0 Å². The molecule has 0 aromatic heterocycles. The van der Waals surface area contributed by atoms with Crippen LogP contribution in [0, 0.1) is 7.05 Å². The molecule has 0 fully saturated rings. The zero-order valence-electron chi connectivity index (χ0n) is 7.48. The van der Waals surface area contributed by atoms with Gasteiger partial charge in [-0.2, -0.15) is 0 Å². The summed E-state index contributed by atoms with van der Waals surface area (Å²) in [5, 5.41) is 8.43. The first kappa shape index (κ1) is 29.4. The van der Waals surface area contributed by atoms with Gasteiger partial charge in [0.25, 0.3) is 0 Å². The van der Waals surface area contributed by atoms with Crippen molar-refractivity contribution in [2.75, 3.05) is 6.54 Å². The zero-order valence-corrected chi connectivity index (χ0v) is 13.2. The van der Waals surface area contributed by atoms with Gasteiger partial charge in [-0.1, -0.05) is 28.0 Å². The van der Waals surface area contributed by atoms with E-state index in [9.17, 15) is 0 Å². The quantitative estimate of drug-likeness (QED) is 0.662. The van der Waals surface area contributed by atoms with Crippen molar-refractivity contribution >= 4 is 0 Å². The van der Waals surface area contributed by atoms with Gasteiger partial charge in [0.05, 0.1) is 11.6 Å². The summed E-state index contributed by atoms with van der Waals surface area (Å²) in [7, 11) is 3.42. The largest absolute Gasteiger partial charge is 0.525 e. The third-order valence-corrected chi connectivity index (χ3v) is 0.905. The van der Waals surface area contributed by atoms with Gasteiger partial charge in [0, 0.05) is 72.0 Å². The first-order valence-electron chi connectivity index (χ1n) is 3.12. The van der Waals surface area contributed by atoms with E-state index in [-0.39, 0.29) is 80.3 Å². The number of rotatable bonds is 5. The third-order valence-electron chi connectivity index (χ3n) is 0.905. The second-order valence-corrected chi connectivity index (χ2v) is 1.79. The minimum absolute atomic E-state index is 0. The molecule has 0 unspecified atom stereocenters. The van der Waals surface area contributed by atoms with E-state index >= 15 is 0 Å². The predicted molar refractivity (Wildman–Crippen MR) is 57.0 cm³/mol. The maximum absolute atomic E-state index is 3.68. The molecule has 0 saturated heterocycles. The van der Waals surface area contributed by atoms with Crippen molar-refractivity contribution < 1.29 is 65.4 Å². The van der Waals surface area contributed by atoms with Crippen LogP contribution in [0.15, 0.2) is 24.8 Å². The molecule has 3 N–H and O–H groups in total. The molecule has 0 spiro atoms. The first-order valence-corrected chi connectivity index (χ1v) is 3.12. The van der Waals surface area contributed by atoms with Crippen molar-refractivity contribution in [3.63, 3.8) is 0 Å². The molecule has 0 aliphatic rings. The second kappa shape index (κ2) is 19.6. The van der Waals surface area contributed by atoms with Gasteiger partial charge < -0.3 is 16.0 Å². The molecule has 0 bridgehead atoms. The summed E-state index contributed by atoms with van der Waals surface area (Å²) in [6.45, 7) is 10.1. The van der Waals surface area contributed by atoms with Gasteiger partial charge >= 0.3 is 0 Å². The zero-order chi connectivity index (χ0) is 7.98. The van der Waals surface area contributed by atoms with Gasteiger partial charge in [-0.25, -0.2) is 0 Å². The molecule has 0 rings (SSSR count). The van der Waals surface area contributed by atoms with Crippen LogP contribution in [0.1, 0.15) is 21.8 Å². The van der Waals surface area contributed by atoms with E-state index in [0.29, 0.717) is 5.82 Å². The Labute approximate surface area is 140 Å². The topological polar surface area (TPSA) is 36.1 Å². The Morgan fingerprint density at radius 3 is 1.86 bits per heavy atom. The smallest absolute Gasteiger partial charge is 0.0967 e. The molecule has 5 heteroatoms. The van der Waals surface area contributed by atoms with Gasteiger partial charge in [-0.3, -0.25) is 7.05 Å². The van der Waals surface area contributed by atoms with E-state index in [4.69, 9.17) is 0 Å². The van der Waals surface area contributed by atoms with Crippen molar-refractivity contribution in [1.82, 2.24) is 16.0 Å². The van der Waals surface area contributed by atoms with Crippen LogP contribution in [-0.4, -0.2) is 6.54 Å². The fourth-order valence-corrected chi connectivity index (χ4v) is 0.484. The van der Waals surface area contributed by atoms with Crippen LogP contribution in [0.3, 0.4) is 0 Å². The molecule has 0 aliphatic heterocycles. The minimum Gasteiger partial charge on any atom is -0.525 e. The van der Waals surface area contributed by atoms with Crippen LogP contribution in [0.2, 0.25) is 0 Å². The minimum atomic E-state index is 0. The first-order chi connectivity index (χ1) is 4.70. The standard InChI is InChI=1S/C7H14N3.2CH4.2Y/c1-5-9-7(3)10-6(2)8-4;;;;/h8-10H,2-5H2,1H3;2*1H4;;/q-1;;;;. The summed E-state index contributed by atoms with van der Waals surface area (Å²) in [5.41, 5.74) is 0. The number of hydrogen-bond acceptors (Lipinski definition) is 3. The van der Waals surface area contributed by atoms with E-state index < -0.39 is 0 Å². The molecule has 14 heavy (non-hydrogen) atoms. The summed E-state index contributed by atoms with van der Waals surface area (Å²) >= 11 is 0. The van der Waals surface area contributed by atoms with Crippen LogP contribution >= 0.6 is 0 Å². The molecular weight excluding hydrogens is 328 g/mol. The fraction of sp³-hybridized carbons (Fsp3) is 0.444. The van der Waals surface area contributed by atoms with E-state index in [2.05, 4.69) is 36.2 Å².